The Kier molecular flexibility index (Phi) is 3.72. The fraction of sp³-hybridized carbons (Fsp3) is 0.214. The van der Waals surface area contributed by atoms with Crippen LogP contribution in [0.1, 0.15) is 29.1 Å². The first-order valence-electron chi connectivity index (χ1n) is 5.65. The van der Waals surface area contributed by atoms with Gasteiger partial charge >= 0.3 is 0 Å². The number of rotatable bonds is 4. The van der Waals surface area contributed by atoms with Crippen molar-refractivity contribution in [2.24, 2.45) is 0 Å². The molecule has 0 bridgehead atoms. The summed E-state index contributed by atoms with van der Waals surface area (Å²) in [6, 6.07) is 11.2. The van der Waals surface area contributed by atoms with Crippen molar-refractivity contribution in [2.45, 2.75) is 13.0 Å². The minimum Gasteiger partial charge on any atom is -0.438 e. The molecule has 0 aliphatic heterocycles. The third kappa shape index (κ3) is 2.41. The number of carbonyl (C=O) groups excluding carboxylic acids is 1. The summed E-state index contributed by atoms with van der Waals surface area (Å²) in [5.41, 5.74) is 1.02. The van der Waals surface area contributed by atoms with E-state index in [0.29, 0.717) is 17.9 Å². The molecular weight excluding hydrogens is 250 g/mol. The maximum absolute atomic E-state index is 10.6. The van der Waals surface area contributed by atoms with Crippen LogP contribution in [0.15, 0.2) is 40.8 Å². The lowest BCUT2D eigenvalue weighted by atomic mass is 10.1. The monoisotopic (exact) mass is 263 g/mol. The van der Waals surface area contributed by atoms with Crippen molar-refractivity contribution in [3.63, 3.8) is 0 Å². The average molecular weight is 264 g/mol. The lowest BCUT2D eigenvalue weighted by Gasteiger charge is -2.25. The SMILES string of the molecule is CC(c1ccccc1Cl)N(C)c1ccc(C=O)o1. The zero-order valence-electron chi connectivity index (χ0n) is 10.3. The van der Waals surface area contributed by atoms with Gasteiger partial charge in [-0.2, -0.15) is 0 Å². The Hall–Kier alpha value is -1.74. The third-order valence-electron chi connectivity index (χ3n) is 3.01. The fourth-order valence-corrected chi connectivity index (χ4v) is 2.10. The van der Waals surface area contributed by atoms with Crippen molar-refractivity contribution in [3.05, 3.63) is 52.7 Å². The van der Waals surface area contributed by atoms with E-state index < -0.39 is 0 Å². The van der Waals surface area contributed by atoms with Gasteiger partial charge in [0, 0.05) is 18.1 Å². The Labute approximate surface area is 111 Å². The van der Waals surface area contributed by atoms with E-state index in [1.54, 1.807) is 12.1 Å². The van der Waals surface area contributed by atoms with Gasteiger partial charge in [0.05, 0.1) is 6.04 Å². The van der Waals surface area contributed by atoms with Gasteiger partial charge in [0.1, 0.15) is 0 Å². The Bertz CT molecular complexity index is 550. The van der Waals surface area contributed by atoms with Crippen LogP contribution < -0.4 is 4.90 Å². The number of anilines is 1. The van der Waals surface area contributed by atoms with Gasteiger partial charge in [0.25, 0.3) is 0 Å². The predicted octanol–water partition coefficient (Wildman–Crippen LogP) is 3.94. The van der Waals surface area contributed by atoms with Crippen molar-refractivity contribution in [3.8, 4) is 0 Å². The summed E-state index contributed by atoms with van der Waals surface area (Å²) in [5, 5.41) is 0.721. The molecule has 2 aromatic rings. The largest absolute Gasteiger partial charge is 0.438 e. The smallest absolute Gasteiger partial charge is 0.196 e. The normalized spacial score (nSPS) is 12.2. The van der Waals surface area contributed by atoms with Gasteiger partial charge in [-0.05, 0) is 24.6 Å². The van der Waals surface area contributed by atoms with Crippen molar-refractivity contribution >= 4 is 23.8 Å². The highest BCUT2D eigenvalue weighted by Crippen LogP contribution is 2.30. The Balaban J connectivity index is 2.26. The van der Waals surface area contributed by atoms with Crippen molar-refractivity contribution in [1.29, 1.82) is 0 Å². The molecule has 0 amide bonds. The molecule has 2 rings (SSSR count). The zero-order chi connectivity index (χ0) is 13.1. The first-order chi connectivity index (χ1) is 8.63. The van der Waals surface area contributed by atoms with Gasteiger partial charge in [-0.1, -0.05) is 29.8 Å². The molecule has 0 saturated carbocycles. The second-order valence-electron chi connectivity index (χ2n) is 4.10. The second kappa shape index (κ2) is 5.27. The molecule has 0 saturated heterocycles. The standard InChI is InChI=1S/C14H14ClNO2/c1-10(12-5-3-4-6-13(12)15)16(2)14-8-7-11(9-17)18-14/h3-10H,1-2H3. The van der Waals surface area contributed by atoms with Crippen molar-refractivity contribution in [1.82, 2.24) is 0 Å². The Morgan fingerprint density at radius 1 is 1.28 bits per heavy atom. The fourth-order valence-electron chi connectivity index (χ4n) is 1.81. The summed E-state index contributed by atoms with van der Waals surface area (Å²) in [6.45, 7) is 2.03. The summed E-state index contributed by atoms with van der Waals surface area (Å²) in [7, 11) is 1.90. The number of carbonyl (C=O) groups is 1. The summed E-state index contributed by atoms with van der Waals surface area (Å²) in [6.07, 6.45) is 0.692. The average Bonchev–Trinajstić information content (AvgIpc) is 2.86. The molecule has 1 heterocycles. The number of hydrogen-bond donors (Lipinski definition) is 0. The van der Waals surface area contributed by atoms with Crippen LogP contribution in [0.25, 0.3) is 0 Å². The molecule has 1 aromatic carbocycles. The minimum atomic E-state index is 0.0596. The van der Waals surface area contributed by atoms with Crippen LogP contribution in [0.5, 0.6) is 0 Å². The first kappa shape index (κ1) is 12.7. The molecule has 0 fully saturated rings. The van der Waals surface area contributed by atoms with E-state index in [1.165, 1.54) is 0 Å². The first-order valence-corrected chi connectivity index (χ1v) is 6.03. The van der Waals surface area contributed by atoms with E-state index in [0.717, 1.165) is 10.6 Å². The van der Waals surface area contributed by atoms with Crippen molar-refractivity contribution < 1.29 is 9.21 Å². The highest BCUT2D eigenvalue weighted by Gasteiger charge is 2.17. The maximum Gasteiger partial charge on any atom is 0.196 e. The van der Waals surface area contributed by atoms with Gasteiger partial charge in [-0.3, -0.25) is 4.79 Å². The van der Waals surface area contributed by atoms with Gasteiger partial charge in [-0.15, -0.1) is 0 Å². The van der Waals surface area contributed by atoms with Crippen LogP contribution in [0.4, 0.5) is 5.88 Å². The van der Waals surface area contributed by atoms with Crippen LogP contribution in [0.3, 0.4) is 0 Å². The van der Waals surface area contributed by atoms with E-state index in [-0.39, 0.29) is 6.04 Å². The van der Waals surface area contributed by atoms with E-state index in [2.05, 4.69) is 0 Å². The number of hydrogen-bond acceptors (Lipinski definition) is 3. The maximum atomic E-state index is 10.6. The van der Waals surface area contributed by atoms with Crippen LogP contribution in [0.2, 0.25) is 5.02 Å². The lowest BCUT2D eigenvalue weighted by Crippen LogP contribution is -2.21. The molecule has 0 N–H and O–H groups in total. The number of nitrogens with zero attached hydrogens (tertiary/aromatic N) is 1. The van der Waals surface area contributed by atoms with E-state index >= 15 is 0 Å². The molecule has 0 aliphatic carbocycles. The van der Waals surface area contributed by atoms with E-state index in [4.69, 9.17) is 16.0 Å². The summed E-state index contributed by atoms with van der Waals surface area (Å²) in [4.78, 5) is 12.5. The molecule has 4 heteroatoms. The number of halogens is 1. The Morgan fingerprint density at radius 2 is 2.00 bits per heavy atom. The molecule has 0 aliphatic rings. The van der Waals surface area contributed by atoms with Crippen molar-refractivity contribution in [2.75, 3.05) is 11.9 Å². The molecule has 18 heavy (non-hydrogen) atoms. The summed E-state index contributed by atoms with van der Waals surface area (Å²) >= 11 is 6.17. The molecule has 0 spiro atoms. The number of aldehydes is 1. The molecule has 1 aromatic heterocycles. The van der Waals surface area contributed by atoms with Gasteiger partial charge in [-0.25, -0.2) is 0 Å². The van der Waals surface area contributed by atoms with Gasteiger partial charge < -0.3 is 9.32 Å². The second-order valence-corrected chi connectivity index (χ2v) is 4.51. The van der Waals surface area contributed by atoms with E-state index in [9.17, 15) is 4.79 Å². The summed E-state index contributed by atoms with van der Waals surface area (Å²) in [5.74, 6) is 0.965. The van der Waals surface area contributed by atoms with Crippen LogP contribution in [0, 0.1) is 0 Å². The molecule has 1 unspecified atom stereocenters. The molecule has 3 nitrogen and oxygen atoms in total. The highest BCUT2D eigenvalue weighted by molar-refractivity contribution is 6.31. The van der Waals surface area contributed by atoms with Crippen LogP contribution in [-0.4, -0.2) is 13.3 Å². The quantitative estimate of drug-likeness (QED) is 0.784. The topological polar surface area (TPSA) is 33.5 Å². The number of furan rings is 1. The predicted molar refractivity (Wildman–Crippen MR) is 72.4 cm³/mol. The lowest BCUT2D eigenvalue weighted by molar-refractivity contribution is 0.110. The molecular formula is C14H14ClNO2. The molecule has 94 valence electrons. The van der Waals surface area contributed by atoms with E-state index in [1.807, 2.05) is 43.1 Å². The van der Waals surface area contributed by atoms with Crippen LogP contribution in [-0.2, 0) is 0 Å². The zero-order valence-corrected chi connectivity index (χ0v) is 11.0. The third-order valence-corrected chi connectivity index (χ3v) is 3.36. The molecule has 1 atom stereocenters. The summed E-state index contributed by atoms with van der Waals surface area (Å²) < 4.78 is 5.39. The van der Waals surface area contributed by atoms with Gasteiger partial charge in [0.15, 0.2) is 17.9 Å². The number of benzene rings is 1. The highest BCUT2D eigenvalue weighted by atomic mass is 35.5. The minimum absolute atomic E-state index is 0.0596. The molecule has 0 radical (unpaired) electrons. The van der Waals surface area contributed by atoms with Crippen LogP contribution >= 0.6 is 11.6 Å². The van der Waals surface area contributed by atoms with Gasteiger partial charge in [0.2, 0.25) is 0 Å². The Morgan fingerprint density at radius 3 is 2.61 bits per heavy atom.